The Hall–Kier alpha value is -1.27. The monoisotopic (exact) mass is 322 g/mol. The van der Waals surface area contributed by atoms with Gasteiger partial charge in [-0.05, 0) is 31.2 Å². The number of ether oxygens (including phenoxy) is 1. The van der Waals surface area contributed by atoms with Crippen LogP contribution in [-0.4, -0.2) is 29.6 Å². The van der Waals surface area contributed by atoms with Gasteiger partial charge in [0.25, 0.3) is 5.91 Å². The zero-order chi connectivity index (χ0) is 14.8. The van der Waals surface area contributed by atoms with Gasteiger partial charge in [-0.25, -0.2) is 0 Å². The number of benzene rings is 1. The summed E-state index contributed by atoms with van der Waals surface area (Å²) in [6.07, 6.45) is 4.07. The molecule has 1 aliphatic carbocycles. The van der Waals surface area contributed by atoms with Gasteiger partial charge >= 0.3 is 0 Å². The standard InChI is InChI=1S/C15H18N2O2S2/c1-19-11-5-6-13-12(9-11)17(7-8-20-2)15(21-13)16-14(18)10-3-4-10/h5-6,9-10H,3-4,7-8H2,1-2H3. The van der Waals surface area contributed by atoms with Crippen molar-refractivity contribution in [2.45, 2.75) is 19.4 Å². The Morgan fingerprint density at radius 2 is 2.33 bits per heavy atom. The number of hydrogen-bond acceptors (Lipinski definition) is 4. The molecule has 2 aromatic rings. The second kappa shape index (κ2) is 6.23. The molecule has 4 nitrogen and oxygen atoms in total. The maximum Gasteiger partial charge on any atom is 0.251 e. The Labute approximate surface area is 131 Å². The van der Waals surface area contributed by atoms with E-state index in [1.54, 1.807) is 30.2 Å². The number of hydrogen-bond donors (Lipinski definition) is 0. The van der Waals surface area contributed by atoms with Crippen molar-refractivity contribution >= 4 is 39.2 Å². The zero-order valence-electron chi connectivity index (χ0n) is 12.2. The molecule has 1 aliphatic rings. The minimum atomic E-state index is 0.0337. The highest BCUT2D eigenvalue weighted by Crippen LogP contribution is 2.30. The quantitative estimate of drug-likeness (QED) is 0.850. The van der Waals surface area contributed by atoms with Gasteiger partial charge < -0.3 is 9.30 Å². The number of fused-ring (bicyclic) bond motifs is 1. The van der Waals surface area contributed by atoms with Crippen molar-refractivity contribution in [3.8, 4) is 5.75 Å². The lowest BCUT2D eigenvalue weighted by molar-refractivity contribution is -0.119. The molecule has 0 unspecified atom stereocenters. The molecule has 112 valence electrons. The number of nitrogens with zero attached hydrogens (tertiary/aromatic N) is 2. The van der Waals surface area contributed by atoms with Gasteiger partial charge in [0.2, 0.25) is 0 Å². The molecule has 0 saturated heterocycles. The second-order valence-corrected chi connectivity index (χ2v) is 7.08. The maximum absolute atomic E-state index is 12.0. The third kappa shape index (κ3) is 3.16. The van der Waals surface area contributed by atoms with Crippen LogP contribution in [0.2, 0.25) is 0 Å². The molecular formula is C15H18N2O2S2. The fraction of sp³-hybridized carbons (Fsp3) is 0.467. The SMILES string of the molecule is COc1ccc2sc(=NC(=O)C3CC3)n(CCSC)c2c1. The van der Waals surface area contributed by atoms with E-state index >= 15 is 0 Å². The summed E-state index contributed by atoms with van der Waals surface area (Å²) in [6, 6.07) is 6.01. The van der Waals surface area contributed by atoms with Crippen molar-refractivity contribution in [3.05, 3.63) is 23.0 Å². The maximum atomic E-state index is 12.0. The molecule has 0 atom stereocenters. The molecule has 3 rings (SSSR count). The number of aromatic nitrogens is 1. The van der Waals surface area contributed by atoms with Crippen molar-refractivity contribution in [1.29, 1.82) is 0 Å². The lowest BCUT2D eigenvalue weighted by Crippen LogP contribution is -2.18. The smallest absolute Gasteiger partial charge is 0.251 e. The second-order valence-electron chi connectivity index (χ2n) is 5.09. The first-order valence-corrected chi connectivity index (χ1v) is 9.19. The molecule has 1 fully saturated rings. The van der Waals surface area contributed by atoms with Crippen molar-refractivity contribution in [2.24, 2.45) is 10.9 Å². The molecule has 0 aliphatic heterocycles. The molecule has 21 heavy (non-hydrogen) atoms. The summed E-state index contributed by atoms with van der Waals surface area (Å²) in [5.74, 6) is 2.02. The van der Waals surface area contributed by atoms with E-state index in [-0.39, 0.29) is 11.8 Å². The van der Waals surface area contributed by atoms with Gasteiger partial charge in [-0.1, -0.05) is 11.3 Å². The number of thioether (sulfide) groups is 1. The van der Waals surface area contributed by atoms with E-state index < -0.39 is 0 Å². The molecule has 6 heteroatoms. The van der Waals surface area contributed by atoms with Crippen LogP contribution in [0.25, 0.3) is 10.2 Å². The largest absolute Gasteiger partial charge is 0.497 e. The first kappa shape index (κ1) is 14.7. The number of carbonyl (C=O) groups excluding carboxylic acids is 1. The summed E-state index contributed by atoms with van der Waals surface area (Å²) in [6.45, 7) is 0.852. The molecule has 1 amide bonds. The molecule has 0 bridgehead atoms. The first-order chi connectivity index (χ1) is 10.2. The summed E-state index contributed by atoms with van der Waals surface area (Å²) < 4.78 is 8.59. The summed E-state index contributed by atoms with van der Waals surface area (Å²) >= 11 is 3.37. The highest BCUT2D eigenvalue weighted by molar-refractivity contribution is 7.98. The summed E-state index contributed by atoms with van der Waals surface area (Å²) in [7, 11) is 1.67. The number of aryl methyl sites for hydroxylation is 1. The van der Waals surface area contributed by atoms with Crippen LogP contribution < -0.4 is 9.54 Å². The van der Waals surface area contributed by atoms with Crippen LogP contribution in [0.5, 0.6) is 5.75 Å². The van der Waals surface area contributed by atoms with Crippen LogP contribution in [0.15, 0.2) is 23.2 Å². The average Bonchev–Trinajstić information content (AvgIpc) is 3.28. The number of thiazole rings is 1. The topological polar surface area (TPSA) is 43.6 Å². The predicted octanol–water partition coefficient (Wildman–Crippen LogP) is 2.91. The zero-order valence-corrected chi connectivity index (χ0v) is 13.8. The Morgan fingerprint density at radius 3 is 3.00 bits per heavy atom. The third-order valence-electron chi connectivity index (χ3n) is 3.54. The molecule has 0 spiro atoms. The molecular weight excluding hydrogens is 304 g/mol. The fourth-order valence-electron chi connectivity index (χ4n) is 2.18. The molecule has 1 heterocycles. The van der Waals surface area contributed by atoms with Crippen molar-refractivity contribution in [3.63, 3.8) is 0 Å². The van der Waals surface area contributed by atoms with E-state index in [1.165, 1.54) is 0 Å². The number of carbonyl (C=O) groups is 1. The summed E-state index contributed by atoms with van der Waals surface area (Å²) in [4.78, 5) is 17.2. The van der Waals surface area contributed by atoms with Gasteiger partial charge in [0.15, 0.2) is 4.80 Å². The van der Waals surface area contributed by atoms with Crippen LogP contribution in [0, 0.1) is 5.92 Å². The van der Waals surface area contributed by atoms with Crippen LogP contribution in [0.3, 0.4) is 0 Å². The molecule has 0 N–H and O–H groups in total. The van der Waals surface area contributed by atoms with Gasteiger partial charge in [-0.2, -0.15) is 16.8 Å². The number of methoxy groups -OCH3 is 1. The van der Waals surface area contributed by atoms with Crippen LogP contribution in [0.4, 0.5) is 0 Å². The molecule has 0 radical (unpaired) electrons. The van der Waals surface area contributed by atoms with Gasteiger partial charge in [0.1, 0.15) is 5.75 Å². The normalized spacial score (nSPS) is 15.6. The van der Waals surface area contributed by atoms with E-state index in [9.17, 15) is 4.79 Å². The Morgan fingerprint density at radius 1 is 1.52 bits per heavy atom. The van der Waals surface area contributed by atoms with Gasteiger partial charge in [0, 0.05) is 24.3 Å². The van der Waals surface area contributed by atoms with E-state index in [1.807, 2.05) is 18.2 Å². The van der Waals surface area contributed by atoms with Gasteiger partial charge in [-0.15, -0.1) is 0 Å². The number of amides is 1. The lowest BCUT2D eigenvalue weighted by atomic mass is 10.3. The lowest BCUT2D eigenvalue weighted by Gasteiger charge is -2.05. The van der Waals surface area contributed by atoms with Gasteiger partial charge in [-0.3, -0.25) is 4.79 Å². The van der Waals surface area contributed by atoms with Gasteiger partial charge in [0.05, 0.1) is 17.3 Å². The molecule has 1 aromatic carbocycles. The van der Waals surface area contributed by atoms with E-state index in [2.05, 4.69) is 15.8 Å². The van der Waals surface area contributed by atoms with Crippen molar-refractivity contribution < 1.29 is 9.53 Å². The van der Waals surface area contributed by atoms with Crippen molar-refractivity contribution in [1.82, 2.24) is 4.57 Å². The first-order valence-electron chi connectivity index (χ1n) is 6.98. The van der Waals surface area contributed by atoms with Crippen molar-refractivity contribution in [2.75, 3.05) is 19.1 Å². The Bertz CT molecular complexity index is 729. The predicted molar refractivity (Wildman–Crippen MR) is 88.0 cm³/mol. The highest BCUT2D eigenvalue weighted by atomic mass is 32.2. The minimum Gasteiger partial charge on any atom is -0.497 e. The third-order valence-corrected chi connectivity index (χ3v) is 5.19. The Balaban J connectivity index is 2.10. The summed E-state index contributed by atoms with van der Waals surface area (Å²) in [5.41, 5.74) is 1.09. The fourth-order valence-corrected chi connectivity index (χ4v) is 3.58. The molecule has 1 aromatic heterocycles. The van der Waals surface area contributed by atoms with Crippen LogP contribution in [-0.2, 0) is 11.3 Å². The van der Waals surface area contributed by atoms with E-state index in [4.69, 9.17) is 4.74 Å². The van der Waals surface area contributed by atoms with Crippen LogP contribution in [0.1, 0.15) is 12.8 Å². The minimum absolute atomic E-state index is 0.0337. The Kier molecular flexibility index (Phi) is 4.35. The summed E-state index contributed by atoms with van der Waals surface area (Å²) in [5, 5.41) is 0. The van der Waals surface area contributed by atoms with Crippen LogP contribution >= 0.6 is 23.1 Å². The average molecular weight is 322 g/mol. The van der Waals surface area contributed by atoms with E-state index in [0.717, 1.165) is 45.9 Å². The number of rotatable bonds is 5. The highest BCUT2D eigenvalue weighted by Gasteiger charge is 2.29. The molecule has 1 saturated carbocycles. The van der Waals surface area contributed by atoms with E-state index in [0.29, 0.717) is 0 Å².